The minimum absolute atomic E-state index is 0.0815. The molecule has 11 heteroatoms. The van der Waals surface area contributed by atoms with Gasteiger partial charge in [0.05, 0.1) is 41.0 Å². The zero-order valence-corrected chi connectivity index (χ0v) is 26.6. The Morgan fingerprint density at radius 1 is 1.23 bits per heavy atom. The number of nitrogens with one attached hydrogen (secondary N) is 3. The maximum Gasteiger partial charge on any atom is 0.224 e. The van der Waals surface area contributed by atoms with E-state index >= 15 is 0 Å². The first-order valence-electron chi connectivity index (χ1n) is 15.2. The number of anilines is 4. The van der Waals surface area contributed by atoms with Crippen LogP contribution in [0.15, 0.2) is 40.8 Å². The molecule has 2 aliphatic heterocycles. The topological polar surface area (TPSA) is 115 Å². The first kappa shape index (κ1) is 31.4. The fourth-order valence-corrected chi connectivity index (χ4v) is 5.92. The highest BCUT2D eigenvalue weighted by Gasteiger charge is 2.31. The van der Waals surface area contributed by atoms with Crippen LogP contribution in [0.5, 0.6) is 11.5 Å². The van der Waals surface area contributed by atoms with Crippen LogP contribution < -0.4 is 30.3 Å². The van der Waals surface area contributed by atoms with Gasteiger partial charge >= 0.3 is 0 Å². The van der Waals surface area contributed by atoms with Crippen LogP contribution in [0.4, 0.5) is 22.7 Å². The smallest absolute Gasteiger partial charge is 0.224 e. The van der Waals surface area contributed by atoms with Crippen molar-refractivity contribution in [3.05, 3.63) is 58.5 Å². The molecule has 0 bridgehead atoms. The lowest BCUT2D eigenvalue weighted by molar-refractivity contribution is -0.116. The van der Waals surface area contributed by atoms with Gasteiger partial charge in [0.15, 0.2) is 0 Å². The molecule has 0 radical (unpaired) electrons. The summed E-state index contributed by atoms with van der Waals surface area (Å²) >= 11 is 6.66. The van der Waals surface area contributed by atoms with Gasteiger partial charge in [0, 0.05) is 62.0 Å². The summed E-state index contributed by atoms with van der Waals surface area (Å²) in [5.74, 6) is 2.43. The number of furan rings is 1. The lowest BCUT2D eigenvalue weighted by Gasteiger charge is -2.33. The Morgan fingerprint density at radius 3 is 2.80 bits per heavy atom. The molecular weight excluding hydrogens is 580 g/mol. The monoisotopic (exact) mass is 620 g/mol. The maximum absolute atomic E-state index is 12.8. The van der Waals surface area contributed by atoms with Crippen molar-refractivity contribution < 1.29 is 18.7 Å². The highest BCUT2D eigenvalue weighted by molar-refractivity contribution is 6.32. The van der Waals surface area contributed by atoms with Crippen molar-refractivity contribution >= 4 is 40.3 Å². The number of hydrogen-bond donors (Lipinski definition) is 3. The van der Waals surface area contributed by atoms with Crippen molar-refractivity contribution in [3.8, 4) is 17.6 Å². The first-order chi connectivity index (χ1) is 21.2. The molecule has 0 saturated carbocycles. The molecule has 2 atom stereocenters. The average Bonchev–Trinajstić information content (AvgIpc) is 3.42. The summed E-state index contributed by atoms with van der Waals surface area (Å²) in [6, 6.07) is 13.4. The molecule has 3 N–H and O–H groups in total. The molecule has 3 aromatic rings. The normalized spacial score (nSPS) is 17.2. The third-order valence-corrected chi connectivity index (χ3v) is 8.22. The van der Waals surface area contributed by atoms with E-state index in [9.17, 15) is 10.1 Å². The molecule has 0 aliphatic carbocycles. The van der Waals surface area contributed by atoms with Gasteiger partial charge in [0.1, 0.15) is 29.6 Å². The molecule has 0 spiro atoms. The highest BCUT2D eigenvalue weighted by atomic mass is 35.5. The van der Waals surface area contributed by atoms with Gasteiger partial charge in [-0.1, -0.05) is 11.6 Å². The van der Waals surface area contributed by atoms with E-state index in [2.05, 4.69) is 38.9 Å². The van der Waals surface area contributed by atoms with E-state index in [1.807, 2.05) is 51.4 Å². The molecule has 44 heavy (non-hydrogen) atoms. The van der Waals surface area contributed by atoms with Crippen molar-refractivity contribution in [2.24, 2.45) is 5.92 Å². The van der Waals surface area contributed by atoms with E-state index < -0.39 is 0 Å². The number of benzene rings is 2. The number of aryl methyl sites for hydroxylation is 1. The number of halogens is 1. The Labute approximate surface area is 264 Å². The van der Waals surface area contributed by atoms with Crippen LogP contribution in [0.3, 0.4) is 0 Å². The molecule has 2 aromatic carbocycles. The van der Waals surface area contributed by atoms with Gasteiger partial charge in [-0.2, -0.15) is 5.26 Å². The predicted molar refractivity (Wildman–Crippen MR) is 174 cm³/mol. The fourth-order valence-electron chi connectivity index (χ4n) is 5.68. The van der Waals surface area contributed by atoms with E-state index in [1.165, 1.54) is 0 Å². The Bertz CT molecular complexity index is 1520. The van der Waals surface area contributed by atoms with Crippen LogP contribution in [0.25, 0.3) is 0 Å². The van der Waals surface area contributed by atoms with Gasteiger partial charge in [-0.05, 0) is 64.7 Å². The second-order valence-electron chi connectivity index (χ2n) is 11.5. The number of carbonyl (C=O) groups is 1. The maximum atomic E-state index is 12.8. The van der Waals surface area contributed by atoms with Crippen LogP contribution in [-0.4, -0.2) is 58.2 Å². The Hall–Kier alpha value is -4.07. The predicted octanol–water partition coefficient (Wildman–Crippen LogP) is 6.29. The third-order valence-electron chi connectivity index (χ3n) is 7.92. The van der Waals surface area contributed by atoms with Gasteiger partial charge in [0.2, 0.25) is 5.91 Å². The average molecular weight is 621 g/mol. The van der Waals surface area contributed by atoms with E-state index in [4.69, 9.17) is 25.5 Å². The molecule has 0 fully saturated rings. The second-order valence-corrected chi connectivity index (χ2v) is 11.9. The zero-order valence-electron chi connectivity index (χ0n) is 25.8. The molecule has 0 saturated heterocycles. The summed E-state index contributed by atoms with van der Waals surface area (Å²) in [4.78, 5) is 17.0. The summed E-state index contributed by atoms with van der Waals surface area (Å²) < 4.78 is 17.9. The molecule has 2 unspecified atom stereocenters. The SMILES string of the molecule is CCOc1cc2c(cc1NC(=O)CCCN(C)C)C(Nc1ccc(OCc3cc4c(o3)CCCN4C)c(Cl)c1)C(C#N)CN2. The fraction of sp³-hybridized carbons (Fsp3) is 0.455. The van der Waals surface area contributed by atoms with Crippen molar-refractivity contribution in [1.82, 2.24) is 4.90 Å². The van der Waals surface area contributed by atoms with Gasteiger partial charge in [-0.15, -0.1) is 0 Å². The van der Waals surface area contributed by atoms with Crippen molar-refractivity contribution in [1.29, 1.82) is 5.26 Å². The van der Waals surface area contributed by atoms with Crippen molar-refractivity contribution in [2.45, 2.75) is 45.3 Å². The molecule has 3 heterocycles. The second kappa shape index (κ2) is 14.1. The number of hydrogen-bond acceptors (Lipinski definition) is 9. The van der Waals surface area contributed by atoms with Gasteiger partial charge < -0.3 is 39.6 Å². The third kappa shape index (κ3) is 7.34. The van der Waals surface area contributed by atoms with Crippen LogP contribution >= 0.6 is 11.6 Å². The lowest BCUT2D eigenvalue weighted by atomic mass is 9.88. The molecule has 234 valence electrons. The van der Waals surface area contributed by atoms with E-state index in [-0.39, 0.29) is 24.5 Å². The summed E-state index contributed by atoms with van der Waals surface area (Å²) in [5.41, 5.74) is 4.16. The summed E-state index contributed by atoms with van der Waals surface area (Å²) in [7, 11) is 6.04. The van der Waals surface area contributed by atoms with Gasteiger partial charge in [-0.3, -0.25) is 4.79 Å². The quantitative estimate of drug-likeness (QED) is 0.215. The summed E-state index contributed by atoms with van der Waals surface area (Å²) in [5, 5.41) is 20.4. The molecule has 1 amide bonds. The summed E-state index contributed by atoms with van der Waals surface area (Å²) in [6.07, 6.45) is 3.15. The number of amides is 1. The first-order valence-corrected chi connectivity index (χ1v) is 15.5. The standard InChI is InChI=1S/C33H41ClN6O4/c1-5-42-31-17-26-24(16-27(31)38-32(41)9-7-12-39(2)3)33(21(18-35)19-36-26)37-22-10-11-29(25(34)14-22)43-20-23-15-28-30(44-23)8-6-13-40(28)4/h10-11,14-17,21,33,36-37H,5-9,12-13,19-20H2,1-4H3,(H,38,41). The Kier molecular flexibility index (Phi) is 10.1. The van der Waals surface area contributed by atoms with E-state index in [0.29, 0.717) is 41.8 Å². The minimum Gasteiger partial charge on any atom is -0.492 e. The number of fused-ring (bicyclic) bond motifs is 2. The summed E-state index contributed by atoms with van der Waals surface area (Å²) in [6.45, 7) is 4.93. The van der Waals surface area contributed by atoms with Gasteiger partial charge in [-0.25, -0.2) is 0 Å². The van der Waals surface area contributed by atoms with Crippen molar-refractivity contribution in [2.75, 3.05) is 68.2 Å². The van der Waals surface area contributed by atoms with Crippen molar-refractivity contribution in [3.63, 3.8) is 0 Å². The van der Waals surface area contributed by atoms with Gasteiger partial charge in [0.25, 0.3) is 0 Å². The number of rotatable bonds is 12. The number of nitriles is 1. The molecular formula is C33H41ClN6O4. The minimum atomic E-state index is -0.373. The Morgan fingerprint density at radius 2 is 2.07 bits per heavy atom. The van der Waals surface area contributed by atoms with Crippen LogP contribution in [0.2, 0.25) is 5.02 Å². The van der Waals surface area contributed by atoms with Crippen LogP contribution in [-0.2, 0) is 17.8 Å². The molecule has 2 aliphatic rings. The number of nitrogens with zero attached hydrogens (tertiary/aromatic N) is 3. The molecule has 1 aromatic heterocycles. The van der Waals surface area contributed by atoms with Crippen LogP contribution in [0, 0.1) is 17.2 Å². The molecule has 10 nitrogen and oxygen atoms in total. The van der Waals surface area contributed by atoms with Crippen LogP contribution in [0.1, 0.15) is 49.3 Å². The zero-order chi connectivity index (χ0) is 31.2. The molecule has 5 rings (SSSR count). The number of carbonyl (C=O) groups excluding carboxylic acids is 1. The van der Waals surface area contributed by atoms with E-state index in [1.54, 1.807) is 6.07 Å². The van der Waals surface area contributed by atoms with E-state index in [0.717, 1.165) is 66.5 Å². The number of ether oxygens (including phenoxy) is 2. The largest absolute Gasteiger partial charge is 0.492 e. The highest BCUT2D eigenvalue weighted by Crippen LogP contribution is 2.42. The Balaban J connectivity index is 1.32. The lowest BCUT2D eigenvalue weighted by Crippen LogP contribution is -2.31.